The Morgan fingerprint density at radius 3 is 2.68 bits per heavy atom. The van der Waals surface area contributed by atoms with Gasteiger partial charge < -0.3 is 10.2 Å². The molecule has 1 N–H and O–H groups in total. The summed E-state index contributed by atoms with van der Waals surface area (Å²) in [5.41, 5.74) is 0.199. The fraction of sp³-hybridized carbons (Fsp3) is 0.500. The summed E-state index contributed by atoms with van der Waals surface area (Å²) in [5.74, 6) is -0.524. The summed E-state index contributed by atoms with van der Waals surface area (Å²) in [6, 6.07) is 6.12. The van der Waals surface area contributed by atoms with Crippen molar-refractivity contribution in [3.05, 3.63) is 30.1 Å². The van der Waals surface area contributed by atoms with Crippen LogP contribution in [0.15, 0.2) is 24.3 Å². The van der Waals surface area contributed by atoms with E-state index in [9.17, 15) is 14.0 Å². The molecule has 6 heteroatoms. The second kappa shape index (κ2) is 7.89. The third-order valence-corrected chi connectivity index (χ3v) is 3.76. The van der Waals surface area contributed by atoms with E-state index >= 15 is 0 Å². The molecule has 1 saturated heterocycles. The smallest absolute Gasteiger partial charge is 0.238 e. The number of halogens is 1. The minimum Gasteiger partial charge on any atom is -0.341 e. The van der Waals surface area contributed by atoms with Crippen LogP contribution in [0.2, 0.25) is 0 Å². The summed E-state index contributed by atoms with van der Waals surface area (Å²) in [6.45, 7) is 4.86. The molecule has 2 amide bonds. The van der Waals surface area contributed by atoms with Gasteiger partial charge in [0.2, 0.25) is 11.8 Å². The fourth-order valence-electron chi connectivity index (χ4n) is 2.56. The Morgan fingerprint density at radius 1 is 1.18 bits per heavy atom. The van der Waals surface area contributed by atoms with E-state index in [0.717, 1.165) is 19.5 Å². The first kappa shape index (κ1) is 16.4. The van der Waals surface area contributed by atoms with Gasteiger partial charge in [-0.2, -0.15) is 0 Å². The van der Waals surface area contributed by atoms with Crippen LogP contribution in [0.3, 0.4) is 0 Å². The molecular weight excluding hydrogens is 285 g/mol. The van der Waals surface area contributed by atoms with Crippen LogP contribution in [0.5, 0.6) is 0 Å². The number of anilines is 1. The minimum atomic E-state index is -0.438. The van der Waals surface area contributed by atoms with Crippen molar-refractivity contribution in [2.24, 2.45) is 0 Å². The standard InChI is InChI=1S/C16H22FN3O2/c1-2-16(22)20-9-5-8-19(10-11-20)12-15(21)18-14-7-4-3-6-13(14)17/h3-4,6-7H,2,5,8-12H2,1H3,(H,18,21). The summed E-state index contributed by atoms with van der Waals surface area (Å²) in [4.78, 5) is 27.6. The molecule has 0 atom stereocenters. The van der Waals surface area contributed by atoms with Gasteiger partial charge in [-0.05, 0) is 18.6 Å². The lowest BCUT2D eigenvalue weighted by atomic mass is 10.3. The van der Waals surface area contributed by atoms with Crippen molar-refractivity contribution >= 4 is 17.5 Å². The van der Waals surface area contributed by atoms with Crippen LogP contribution in [0.25, 0.3) is 0 Å². The molecular formula is C16H22FN3O2. The maximum atomic E-state index is 13.5. The molecule has 0 aliphatic carbocycles. The van der Waals surface area contributed by atoms with Gasteiger partial charge in [-0.3, -0.25) is 14.5 Å². The van der Waals surface area contributed by atoms with Crippen LogP contribution in [0.4, 0.5) is 10.1 Å². The number of nitrogens with zero attached hydrogens (tertiary/aromatic N) is 2. The Bertz CT molecular complexity index is 536. The summed E-state index contributed by atoms with van der Waals surface area (Å²) in [6.07, 6.45) is 1.35. The molecule has 1 aliphatic rings. The Morgan fingerprint density at radius 2 is 1.95 bits per heavy atom. The van der Waals surface area contributed by atoms with E-state index in [1.165, 1.54) is 12.1 Å². The zero-order valence-electron chi connectivity index (χ0n) is 12.8. The molecule has 0 saturated carbocycles. The second-order valence-corrected chi connectivity index (χ2v) is 5.39. The van der Waals surface area contributed by atoms with Gasteiger partial charge in [-0.25, -0.2) is 4.39 Å². The Kier molecular flexibility index (Phi) is 5.89. The van der Waals surface area contributed by atoms with Gasteiger partial charge in [0.25, 0.3) is 0 Å². The number of carbonyl (C=O) groups excluding carboxylic acids is 2. The number of carbonyl (C=O) groups is 2. The van der Waals surface area contributed by atoms with Gasteiger partial charge in [-0.15, -0.1) is 0 Å². The SMILES string of the molecule is CCC(=O)N1CCCN(CC(=O)Nc2ccccc2F)CC1. The van der Waals surface area contributed by atoms with Crippen LogP contribution >= 0.6 is 0 Å². The lowest BCUT2D eigenvalue weighted by Gasteiger charge is -2.21. The van der Waals surface area contributed by atoms with Crippen LogP contribution in [0.1, 0.15) is 19.8 Å². The van der Waals surface area contributed by atoms with E-state index in [2.05, 4.69) is 5.32 Å². The van der Waals surface area contributed by atoms with Gasteiger partial charge in [0.05, 0.1) is 12.2 Å². The first-order chi connectivity index (χ1) is 10.6. The number of benzene rings is 1. The van der Waals surface area contributed by atoms with E-state index < -0.39 is 5.82 Å². The molecule has 5 nitrogen and oxygen atoms in total. The van der Waals surface area contributed by atoms with Gasteiger partial charge in [0.15, 0.2) is 0 Å². The van der Waals surface area contributed by atoms with Crippen LogP contribution in [-0.2, 0) is 9.59 Å². The number of hydrogen-bond acceptors (Lipinski definition) is 3. The molecule has 2 rings (SSSR count). The Balaban J connectivity index is 1.84. The number of para-hydroxylation sites is 1. The molecule has 1 heterocycles. The summed E-state index contributed by atoms with van der Waals surface area (Å²) >= 11 is 0. The molecule has 0 radical (unpaired) electrons. The van der Waals surface area contributed by atoms with Gasteiger partial charge >= 0.3 is 0 Å². The van der Waals surface area contributed by atoms with Crippen molar-refractivity contribution in [1.29, 1.82) is 0 Å². The predicted molar refractivity (Wildman–Crippen MR) is 83.0 cm³/mol. The first-order valence-electron chi connectivity index (χ1n) is 7.64. The second-order valence-electron chi connectivity index (χ2n) is 5.39. The molecule has 1 fully saturated rings. The highest BCUT2D eigenvalue weighted by Gasteiger charge is 2.19. The third kappa shape index (κ3) is 4.53. The van der Waals surface area contributed by atoms with Crippen LogP contribution < -0.4 is 5.32 Å². The van der Waals surface area contributed by atoms with E-state index in [4.69, 9.17) is 0 Å². The van der Waals surface area contributed by atoms with E-state index in [0.29, 0.717) is 19.5 Å². The van der Waals surface area contributed by atoms with Crippen molar-refractivity contribution in [1.82, 2.24) is 9.80 Å². The Labute approximate surface area is 130 Å². The van der Waals surface area contributed by atoms with Crippen molar-refractivity contribution in [3.8, 4) is 0 Å². The molecule has 0 bridgehead atoms. The zero-order valence-corrected chi connectivity index (χ0v) is 12.8. The summed E-state index contributed by atoms with van der Waals surface area (Å²) in [7, 11) is 0. The van der Waals surface area contributed by atoms with E-state index in [1.807, 2.05) is 16.7 Å². The maximum absolute atomic E-state index is 13.5. The molecule has 120 valence electrons. The van der Waals surface area contributed by atoms with Crippen molar-refractivity contribution in [3.63, 3.8) is 0 Å². The fourth-order valence-corrected chi connectivity index (χ4v) is 2.56. The average Bonchev–Trinajstić information content (AvgIpc) is 2.74. The maximum Gasteiger partial charge on any atom is 0.238 e. The van der Waals surface area contributed by atoms with Crippen LogP contribution in [-0.4, -0.2) is 54.3 Å². The average molecular weight is 307 g/mol. The largest absolute Gasteiger partial charge is 0.341 e. The highest BCUT2D eigenvalue weighted by atomic mass is 19.1. The Hall–Kier alpha value is -1.95. The normalized spacial score (nSPS) is 16.2. The number of amides is 2. The third-order valence-electron chi connectivity index (χ3n) is 3.76. The van der Waals surface area contributed by atoms with Crippen molar-refractivity contribution < 1.29 is 14.0 Å². The van der Waals surface area contributed by atoms with E-state index in [1.54, 1.807) is 12.1 Å². The number of hydrogen-bond donors (Lipinski definition) is 1. The minimum absolute atomic E-state index is 0.151. The van der Waals surface area contributed by atoms with E-state index in [-0.39, 0.29) is 24.0 Å². The lowest BCUT2D eigenvalue weighted by Crippen LogP contribution is -2.37. The molecule has 1 aromatic rings. The quantitative estimate of drug-likeness (QED) is 0.921. The van der Waals surface area contributed by atoms with Crippen LogP contribution in [0, 0.1) is 5.82 Å². The molecule has 0 spiro atoms. The number of rotatable bonds is 4. The van der Waals surface area contributed by atoms with Gasteiger partial charge in [-0.1, -0.05) is 19.1 Å². The molecule has 0 unspecified atom stereocenters. The predicted octanol–water partition coefficient (Wildman–Crippen LogP) is 1.71. The highest BCUT2D eigenvalue weighted by Crippen LogP contribution is 2.12. The summed E-state index contributed by atoms with van der Waals surface area (Å²) < 4.78 is 13.5. The van der Waals surface area contributed by atoms with Gasteiger partial charge in [0.1, 0.15) is 5.82 Å². The molecule has 22 heavy (non-hydrogen) atoms. The molecule has 1 aromatic carbocycles. The zero-order chi connectivity index (χ0) is 15.9. The summed E-state index contributed by atoms with van der Waals surface area (Å²) in [5, 5.41) is 2.59. The highest BCUT2D eigenvalue weighted by molar-refractivity contribution is 5.92. The topological polar surface area (TPSA) is 52.7 Å². The van der Waals surface area contributed by atoms with Crippen molar-refractivity contribution in [2.45, 2.75) is 19.8 Å². The molecule has 1 aliphatic heterocycles. The first-order valence-corrected chi connectivity index (χ1v) is 7.64. The van der Waals surface area contributed by atoms with Crippen molar-refractivity contribution in [2.75, 3.05) is 38.0 Å². The number of nitrogens with one attached hydrogen (secondary N) is 1. The van der Waals surface area contributed by atoms with Gasteiger partial charge in [0, 0.05) is 32.6 Å². The molecule has 0 aromatic heterocycles. The lowest BCUT2D eigenvalue weighted by molar-refractivity contribution is -0.130. The monoisotopic (exact) mass is 307 g/mol.